The van der Waals surface area contributed by atoms with Crippen molar-refractivity contribution in [2.45, 2.75) is 6.18 Å². The number of nitrogens with one attached hydrogen (secondary N) is 1. The van der Waals surface area contributed by atoms with E-state index in [9.17, 15) is 31.1 Å². The summed E-state index contributed by atoms with van der Waals surface area (Å²) in [4.78, 5) is 11.6. The minimum atomic E-state index is -4.47. The van der Waals surface area contributed by atoms with Crippen LogP contribution in [0.4, 0.5) is 32.0 Å². The summed E-state index contributed by atoms with van der Waals surface area (Å²) in [6.07, 6.45) is -2.36. The second-order valence-electron chi connectivity index (χ2n) is 4.69. The van der Waals surface area contributed by atoms with Crippen LogP contribution < -0.4 is 5.32 Å². The van der Waals surface area contributed by atoms with Crippen molar-refractivity contribution < 1.29 is 31.1 Å². The summed E-state index contributed by atoms with van der Waals surface area (Å²) in [6.45, 7) is 0. The third-order valence-corrected chi connectivity index (χ3v) is 2.93. The van der Waals surface area contributed by atoms with E-state index in [2.05, 4.69) is 0 Å². The second kappa shape index (κ2) is 6.77. The Kier molecular flexibility index (Phi) is 4.96. The molecule has 8 heteroatoms. The Labute approximate surface area is 132 Å². The van der Waals surface area contributed by atoms with E-state index in [1.165, 1.54) is 6.08 Å². The quantitative estimate of drug-likeness (QED) is 0.484. The summed E-state index contributed by atoms with van der Waals surface area (Å²) in [5.41, 5.74) is -1.10. The number of rotatable bonds is 3. The molecule has 2 aromatic carbocycles. The molecule has 0 heterocycles. The van der Waals surface area contributed by atoms with E-state index in [4.69, 9.17) is 0 Å². The van der Waals surface area contributed by atoms with Crippen LogP contribution in [0.2, 0.25) is 0 Å². The van der Waals surface area contributed by atoms with Gasteiger partial charge in [0.15, 0.2) is 11.6 Å². The molecule has 0 saturated carbocycles. The number of anilines is 1. The molecule has 0 aromatic heterocycles. The van der Waals surface area contributed by atoms with Crippen LogP contribution in [0.1, 0.15) is 11.1 Å². The van der Waals surface area contributed by atoms with Crippen molar-refractivity contribution in [2.75, 3.05) is 5.32 Å². The number of halogens is 6. The van der Waals surface area contributed by atoms with Crippen molar-refractivity contribution >= 4 is 17.7 Å². The van der Waals surface area contributed by atoms with Gasteiger partial charge < -0.3 is 5.32 Å². The van der Waals surface area contributed by atoms with Crippen molar-refractivity contribution in [3.8, 4) is 0 Å². The maximum Gasteiger partial charge on any atom is 0.416 e. The Morgan fingerprint density at radius 3 is 2.08 bits per heavy atom. The van der Waals surface area contributed by atoms with Gasteiger partial charge in [-0.1, -0.05) is 12.1 Å². The zero-order valence-corrected chi connectivity index (χ0v) is 11.8. The molecule has 1 amide bonds. The molecular formula is C16H9F6NO. The minimum absolute atomic E-state index is 0.282. The summed E-state index contributed by atoms with van der Waals surface area (Å²) in [5.74, 6) is -4.76. The Bertz CT molecular complexity index is 780. The van der Waals surface area contributed by atoms with E-state index < -0.39 is 40.8 Å². The highest BCUT2D eigenvalue weighted by molar-refractivity contribution is 6.02. The Balaban J connectivity index is 2.07. The van der Waals surface area contributed by atoms with Crippen LogP contribution in [-0.4, -0.2) is 5.91 Å². The summed E-state index contributed by atoms with van der Waals surface area (Å²) < 4.78 is 76.3. The highest BCUT2D eigenvalue weighted by Crippen LogP contribution is 2.29. The number of carbonyl (C=O) groups excluding carboxylic acids is 1. The fourth-order valence-corrected chi connectivity index (χ4v) is 1.75. The molecule has 2 aromatic rings. The van der Waals surface area contributed by atoms with Gasteiger partial charge in [0.1, 0.15) is 5.82 Å². The molecule has 0 bridgehead atoms. The smallest absolute Gasteiger partial charge is 0.320 e. The summed E-state index contributed by atoms with van der Waals surface area (Å²) in [5, 5.41) is 2.00. The monoisotopic (exact) mass is 345 g/mol. The van der Waals surface area contributed by atoms with Crippen LogP contribution in [0.5, 0.6) is 0 Å². The molecule has 24 heavy (non-hydrogen) atoms. The molecule has 0 saturated heterocycles. The molecule has 0 aliphatic carbocycles. The molecule has 2 rings (SSSR count). The van der Waals surface area contributed by atoms with Gasteiger partial charge in [-0.3, -0.25) is 4.79 Å². The predicted octanol–water partition coefficient (Wildman–Crippen LogP) is 4.77. The second-order valence-corrected chi connectivity index (χ2v) is 4.69. The number of hydrogen-bond donors (Lipinski definition) is 1. The van der Waals surface area contributed by atoms with Crippen LogP contribution in [0.15, 0.2) is 42.5 Å². The lowest BCUT2D eigenvalue weighted by atomic mass is 10.1. The fraction of sp³-hybridized carbons (Fsp3) is 0.0625. The molecule has 0 atom stereocenters. The highest BCUT2D eigenvalue weighted by atomic mass is 19.4. The third kappa shape index (κ3) is 4.37. The zero-order chi connectivity index (χ0) is 17.9. The Morgan fingerprint density at radius 1 is 0.917 bits per heavy atom. The molecule has 2 nitrogen and oxygen atoms in total. The Hall–Kier alpha value is -2.77. The molecule has 0 unspecified atom stereocenters. The molecule has 0 spiro atoms. The zero-order valence-electron chi connectivity index (χ0n) is 11.8. The van der Waals surface area contributed by atoms with Gasteiger partial charge in [0.2, 0.25) is 5.91 Å². The lowest BCUT2D eigenvalue weighted by Gasteiger charge is -2.06. The minimum Gasteiger partial charge on any atom is -0.320 e. The lowest BCUT2D eigenvalue weighted by Crippen LogP contribution is -2.10. The van der Waals surface area contributed by atoms with Crippen molar-refractivity contribution in [3.63, 3.8) is 0 Å². The Morgan fingerprint density at radius 2 is 1.50 bits per heavy atom. The van der Waals surface area contributed by atoms with E-state index in [1.54, 1.807) is 0 Å². The number of amides is 1. The first kappa shape index (κ1) is 17.6. The van der Waals surface area contributed by atoms with Gasteiger partial charge in [0.25, 0.3) is 0 Å². The summed E-state index contributed by atoms with van der Waals surface area (Å²) >= 11 is 0. The highest BCUT2D eigenvalue weighted by Gasteiger charge is 2.29. The molecule has 126 valence electrons. The van der Waals surface area contributed by atoms with Crippen molar-refractivity contribution in [3.05, 3.63) is 71.1 Å². The normalized spacial score (nSPS) is 11.8. The molecule has 0 aliphatic heterocycles. The molecular weight excluding hydrogens is 336 g/mol. The van der Waals surface area contributed by atoms with E-state index in [1.807, 2.05) is 5.32 Å². The average molecular weight is 345 g/mol. The molecule has 0 radical (unpaired) electrons. The van der Waals surface area contributed by atoms with E-state index in [0.29, 0.717) is 11.6 Å². The summed E-state index contributed by atoms with van der Waals surface area (Å²) in [7, 11) is 0. The van der Waals surface area contributed by atoms with Gasteiger partial charge in [-0.15, -0.1) is 0 Å². The van der Waals surface area contributed by atoms with Gasteiger partial charge in [-0.25, -0.2) is 13.2 Å². The van der Waals surface area contributed by atoms with Crippen LogP contribution in [-0.2, 0) is 11.0 Å². The average Bonchev–Trinajstić information content (AvgIpc) is 2.50. The first-order valence-corrected chi connectivity index (χ1v) is 6.47. The van der Waals surface area contributed by atoms with Crippen LogP contribution in [0.3, 0.4) is 0 Å². The number of carbonyl (C=O) groups is 1. The van der Waals surface area contributed by atoms with Gasteiger partial charge in [-0.2, -0.15) is 13.2 Å². The van der Waals surface area contributed by atoms with Gasteiger partial charge >= 0.3 is 6.18 Å². The van der Waals surface area contributed by atoms with Crippen LogP contribution in [0.25, 0.3) is 6.08 Å². The third-order valence-electron chi connectivity index (χ3n) is 2.93. The maximum atomic E-state index is 13.4. The van der Waals surface area contributed by atoms with Gasteiger partial charge in [0, 0.05) is 18.2 Å². The molecule has 0 fully saturated rings. The predicted molar refractivity (Wildman–Crippen MR) is 75.4 cm³/mol. The van der Waals surface area contributed by atoms with Crippen molar-refractivity contribution in [1.29, 1.82) is 0 Å². The molecule has 0 aliphatic rings. The largest absolute Gasteiger partial charge is 0.416 e. The van der Waals surface area contributed by atoms with Crippen molar-refractivity contribution in [2.24, 2.45) is 0 Å². The van der Waals surface area contributed by atoms with E-state index in [0.717, 1.165) is 30.3 Å². The molecule has 1 N–H and O–H groups in total. The SMILES string of the molecule is O=C(C=Cc1ccc(C(F)(F)F)cc1)Nc1cc(F)c(F)cc1F. The van der Waals surface area contributed by atoms with E-state index in [-0.39, 0.29) is 6.07 Å². The van der Waals surface area contributed by atoms with Crippen LogP contribution >= 0.6 is 0 Å². The van der Waals surface area contributed by atoms with Crippen molar-refractivity contribution in [1.82, 2.24) is 0 Å². The van der Waals surface area contributed by atoms with Gasteiger partial charge in [0.05, 0.1) is 11.3 Å². The topological polar surface area (TPSA) is 29.1 Å². The lowest BCUT2D eigenvalue weighted by molar-refractivity contribution is -0.137. The number of alkyl halides is 3. The first-order valence-electron chi connectivity index (χ1n) is 6.47. The number of hydrogen-bond acceptors (Lipinski definition) is 1. The van der Waals surface area contributed by atoms with E-state index >= 15 is 0 Å². The summed E-state index contributed by atoms with van der Waals surface area (Å²) in [6, 6.07) is 4.73. The fourth-order valence-electron chi connectivity index (χ4n) is 1.75. The standard InChI is InChI=1S/C16H9F6NO/c17-11-7-13(19)14(8-12(11)18)23-15(24)6-3-9-1-4-10(5-2-9)16(20,21)22/h1-8H,(H,23,24). The first-order chi connectivity index (χ1) is 11.2. The number of benzene rings is 2. The maximum absolute atomic E-state index is 13.4. The van der Waals surface area contributed by atoms with Gasteiger partial charge in [-0.05, 0) is 23.8 Å². The van der Waals surface area contributed by atoms with Crippen LogP contribution in [0, 0.1) is 17.5 Å².